The van der Waals surface area contributed by atoms with Crippen molar-refractivity contribution in [3.63, 3.8) is 0 Å². The Kier molecular flexibility index (Phi) is 5.83. The molecule has 0 bridgehead atoms. The second-order valence-corrected chi connectivity index (χ2v) is 10.5. The molecule has 4 aliphatic carbocycles. The van der Waals surface area contributed by atoms with Crippen LogP contribution in [0.1, 0.15) is 89.9 Å². The second kappa shape index (κ2) is 8.67. The van der Waals surface area contributed by atoms with Gasteiger partial charge in [0.2, 0.25) is 0 Å². The van der Waals surface area contributed by atoms with Crippen LogP contribution in [-0.2, 0) is 0 Å². The van der Waals surface area contributed by atoms with Crippen molar-refractivity contribution in [2.24, 2.45) is 23.7 Å². The van der Waals surface area contributed by atoms with E-state index in [2.05, 4.69) is 34.9 Å². The monoisotopic (exact) mass is 380 g/mol. The Hall–Kier alpha value is -1.18. The summed E-state index contributed by atoms with van der Waals surface area (Å²) in [5, 5.41) is 7.71. The maximum absolute atomic E-state index is 3.85. The first-order valence-electron chi connectivity index (χ1n) is 12.5. The molecule has 2 nitrogen and oxygen atoms in total. The van der Waals surface area contributed by atoms with E-state index >= 15 is 0 Å². The van der Waals surface area contributed by atoms with Gasteiger partial charge in [0.15, 0.2) is 0 Å². The molecule has 28 heavy (non-hydrogen) atoms. The number of hydrogen-bond donors (Lipinski definition) is 2. The van der Waals surface area contributed by atoms with Gasteiger partial charge in [-0.05, 0) is 86.5 Å². The topological polar surface area (TPSA) is 24.1 Å². The van der Waals surface area contributed by atoms with E-state index in [1.807, 2.05) is 0 Å². The first-order chi connectivity index (χ1) is 13.8. The van der Waals surface area contributed by atoms with Crippen LogP contribution < -0.4 is 10.6 Å². The van der Waals surface area contributed by atoms with E-state index in [0.29, 0.717) is 12.1 Å². The molecule has 0 amide bonds. The summed E-state index contributed by atoms with van der Waals surface area (Å²) < 4.78 is 0. The maximum Gasteiger partial charge on any atom is 0.0343 e. The van der Waals surface area contributed by atoms with Crippen molar-refractivity contribution in [1.29, 1.82) is 0 Å². The number of nitrogens with one attached hydrogen (secondary N) is 2. The average molecular weight is 381 g/mol. The van der Waals surface area contributed by atoms with Crippen molar-refractivity contribution in [3.8, 4) is 0 Å². The maximum atomic E-state index is 3.85. The summed E-state index contributed by atoms with van der Waals surface area (Å²) >= 11 is 0. The number of fused-ring (bicyclic) bond motifs is 2. The highest BCUT2D eigenvalue weighted by Gasteiger charge is 2.33. The highest BCUT2D eigenvalue weighted by molar-refractivity contribution is 5.54. The SMILES string of the molecule is c1cc(NC2CCC3CCCCC3C2)ccc1NC1CCC2CCCCC2C1. The van der Waals surface area contributed by atoms with Crippen LogP contribution in [0.2, 0.25) is 0 Å². The molecule has 0 radical (unpaired) electrons. The van der Waals surface area contributed by atoms with E-state index in [9.17, 15) is 0 Å². The van der Waals surface area contributed by atoms with E-state index in [4.69, 9.17) is 0 Å². The van der Waals surface area contributed by atoms with Gasteiger partial charge in [-0.2, -0.15) is 0 Å². The van der Waals surface area contributed by atoms with Gasteiger partial charge in [0.25, 0.3) is 0 Å². The molecule has 154 valence electrons. The highest BCUT2D eigenvalue weighted by atomic mass is 14.9. The van der Waals surface area contributed by atoms with Crippen LogP contribution in [0.5, 0.6) is 0 Å². The lowest BCUT2D eigenvalue weighted by Gasteiger charge is -2.40. The average Bonchev–Trinajstić information content (AvgIpc) is 2.75. The fourth-order valence-electron chi connectivity index (χ4n) is 7.14. The quantitative estimate of drug-likeness (QED) is 0.576. The van der Waals surface area contributed by atoms with Crippen LogP contribution in [0.25, 0.3) is 0 Å². The van der Waals surface area contributed by atoms with Crippen molar-refractivity contribution in [2.75, 3.05) is 10.6 Å². The molecule has 1 aromatic carbocycles. The molecule has 0 aromatic heterocycles. The Morgan fingerprint density at radius 3 is 1.29 bits per heavy atom. The molecule has 6 unspecified atom stereocenters. The summed E-state index contributed by atoms with van der Waals surface area (Å²) in [6.45, 7) is 0. The minimum Gasteiger partial charge on any atom is -0.382 e. The Labute approximate surface area is 172 Å². The molecule has 4 saturated carbocycles. The van der Waals surface area contributed by atoms with Crippen molar-refractivity contribution in [3.05, 3.63) is 24.3 Å². The van der Waals surface area contributed by atoms with Crippen molar-refractivity contribution < 1.29 is 0 Å². The second-order valence-electron chi connectivity index (χ2n) is 10.5. The molecule has 6 atom stereocenters. The fraction of sp³-hybridized carbons (Fsp3) is 0.769. The van der Waals surface area contributed by atoms with E-state index in [1.165, 1.54) is 101 Å². The lowest BCUT2D eigenvalue weighted by Crippen LogP contribution is -2.34. The standard InChI is InChI=1S/C26H40N2/c1-3-7-21-17-25(11-9-19(21)5-1)27-23-13-15-24(16-14-23)28-26-12-10-20-6-2-4-8-22(20)18-26/h13-16,19-22,25-28H,1-12,17-18H2. The first kappa shape index (κ1) is 18.8. The summed E-state index contributed by atoms with van der Waals surface area (Å²) in [7, 11) is 0. The normalized spacial score (nSPS) is 38.1. The minimum absolute atomic E-state index is 0.694. The number of benzene rings is 1. The van der Waals surface area contributed by atoms with Gasteiger partial charge in [-0.1, -0.05) is 51.4 Å². The van der Waals surface area contributed by atoms with Gasteiger partial charge in [0.05, 0.1) is 0 Å². The van der Waals surface area contributed by atoms with Crippen LogP contribution >= 0.6 is 0 Å². The molecule has 0 saturated heterocycles. The zero-order valence-electron chi connectivity index (χ0n) is 17.7. The molecule has 4 fully saturated rings. The number of anilines is 2. The van der Waals surface area contributed by atoms with Gasteiger partial charge >= 0.3 is 0 Å². The van der Waals surface area contributed by atoms with E-state index in [-0.39, 0.29) is 0 Å². The number of rotatable bonds is 4. The largest absolute Gasteiger partial charge is 0.382 e. The molecule has 2 N–H and O–H groups in total. The molecule has 1 aromatic rings. The lowest BCUT2D eigenvalue weighted by atomic mass is 9.69. The van der Waals surface area contributed by atoms with E-state index < -0.39 is 0 Å². The Morgan fingerprint density at radius 1 is 0.464 bits per heavy atom. The molecular formula is C26H40N2. The van der Waals surface area contributed by atoms with Crippen LogP contribution in [-0.4, -0.2) is 12.1 Å². The summed E-state index contributed by atoms with van der Waals surface area (Å²) in [6, 6.07) is 10.6. The van der Waals surface area contributed by atoms with Crippen LogP contribution in [0.3, 0.4) is 0 Å². The van der Waals surface area contributed by atoms with Crippen molar-refractivity contribution in [1.82, 2.24) is 0 Å². The molecule has 2 heteroatoms. The number of hydrogen-bond acceptors (Lipinski definition) is 2. The molecule has 0 spiro atoms. The predicted octanol–water partition coefficient (Wildman–Crippen LogP) is 7.23. The van der Waals surface area contributed by atoms with Crippen molar-refractivity contribution >= 4 is 11.4 Å². The van der Waals surface area contributed by atoms with Gasteiger partial charge in [-0.3, -0.25) is 0 Å². The van der Waals surface area contributed by atoms with E-state index in [0.717, 1.165) is 23.7 Å². The molecule has 0 aliphatic heterocycles. The molecular weight excluding hydrogens is 340 g/mol. The van der Waals surface area contributed by atoms with Gasteiger partial charge in [-0.15, -0.1) is 0 Å². The zero-order valence-corrected chi connectivity index (χ0v) is 17.7. The van der Waals surface area contributed by atoms with Gasteiger partial charge in [-0.25, -0.2) is 0 Å². The van der Waals surface area contributed by atoms with Crippen LogP contribution in [0, 0.1) is 23.7 Å². The minimum atomic E-state index is 0.694. The Bertz CT molecular complexity index is 569. The Morgan fingerprint density at radius 2 is 0.857 bits per heavy atom. The summed E-state index contributed by atoms with van der Waals surface area (Å²) in [5.41, 5.74) is 2.64. The molecule has 4 aliphatic rings. The smallest absolute Gasteiger partial charge is 0.0343 e. The van der Waals surface area contributed by atoms with Crippen LogP contribution in [0.15, 0.2) is 24.3 Å². The van der Waals surface area contributed by atoms with E-state index in [1.54, 1.807) is 0 Å². The van der Waals surface area contributed by atoms with Gasteiger partial charge in [0.1, 0.15) is 0 Å². The third kappa shape index (κ3) is 4.36. The Balaban J connectivity index is 1.12. The van der Waals surface area contributed by atoms with Gasteiger partial charge < -0.3 is 10.6 Å². The first-order valence-corrected chi connectivity index (χ1v) is 12.5. The predicted molar refractivity (Wildman–Crippen MR) is 120 cm³/mol. The van der Waals surface area contributed by atoms with Gasteiger partial charge in [0, 0.05) is 23.5 Å². The fourth-order valence-corrected chi connectivity index (χ4v) is 7.14. The summed E-state index contributed by atoms with van der Waals surface area (Å²) in [6.07, 6.45) is 20.3. The van der Waals surface area contributed by atoms with Crippen molar-refractivity contribution in [2.45, 2.75) is 102 Å². The highest BCUT2D eigenvalue weighted by Crippen LogP contribution is 2.42. The molecule has 5 rings (SSSR count). The van der Waals surface area contributed by atoms with Crippen LogP contribution in [0.4, 0.5) is 11.4 Å². The third-order valence-electron chi connectivity index (χ3n) is 8.71. The summed E-state index contributed by atoms with van der Waals surface area (Å²) in [4.78, 5) is 0. The summed E-state index contributed by atoms with van der Waals surface area (Å²) in [5.74, 6) is 4.07. The lowest BCUT2D eigenvalue weighted by molar-refractivity contribution is 0.162. The zero-order chi connectivity index (χ0) is 18.8. The molecule has 0 heterocycles. The third-order valence-corrected chi connectivity index (χ3v) is 8.71.